The van der Waals surface area contributed by atoms with E-state index in [0.29, 0.717) is 36.8 Å². The molecule has 4 rings (SSSR count). The van der Waals surface area contributed by atoms with Gasteiger partial charge in [-0.05, 0) is 47.9 Å². The Labute approximate surface area is 168 Å². The summed E-state index contributed by atoms with van der Waals surface area (Å²) in [4.78, 5) is 14.3. The maximum atomic E-state index is 12.3. The van der Waals surface area contributed by atoms with Gasteiger partial charge in [0.15, 0.2) is 11.5 Å². The van der Waals surface area contributed by atoms with Gasteiger partial charge in [0, 0.05) is 28.9 Å². The number of aromatic carboxylic acids is 1. The third-order valence-electron chi connectivity index (χ3n) is 5.42. The van der Waals surface area contributed by atoms with Crippen molar-refractivity contribution < 1.29 is 19.4 Å². The van der Waals surface area contributed by atoms with E-state index in [9.17, 15) is 9.90 Å². The minimum atomic E-state index is -0.868. The lowest BCUT2D eigenvalue weighted by molar-refractivity contribution is 0.0696. The van der Waals surface area contributed by atoms with Gasteiger partial charge in [0.25, 0.3) is 0 Å². The van der Waals surface area contributed by atoms with Crippen LogP contribution in [0.25, 0.3) is 10.4 Å². The fourth-order valence-electron chi connectivity index (χ4n) is 4.08. The predicted molar refractivity (Wildman–Crippen MR) is 109 cm³/mol. The topological polar surface area (TPSA) is 85.0 Å². The number of hydrogen-bond donors (Lipinski definition) is 2. The van der Waals surface area contributed by atoms with E-state index in [2.05, 4.69) is 13.8 Å². The number of nitrogens with zero attached hydrogens (tertiary/aromatic N) is 1. The summed E-state index contributed by atoms with van der Waals surface area (Å²) in [5.74, 6) is 6.40. The van der Waals surface area contributed by atoms with Crippen molar-refractivity contribution in [3.8, 4) is 21.9 Å². The number of thiophene rings is 1. The van der Waals surface area contributed by atoms with Gasteiger partial charge in [0.05, 0.1) is 5.56 Å². The fourth-order valence-corrected chi connectivity index (χ4v) is 5.44. The van der Waals surface area contributed by atoms with E-state index in [1.54, 1.807) is 23.4 Å². The number of benzene rings is 1. The number of aryl methyl sites for hydroxylation is 1. The highest BCUT2D eigenvalue weighted by molar-refractivity contribution is 7.16. The lowest BCUT2D eigenvalue weighted by Gasteiger charge is -2.29. The highest BCUT2D eigenvalue weighted by Crippen LogP contribution is 2.47. The van der Waals surface area contributed by atoms with Crippen LogP contribution >= 0.6 is 11.3 Å². The smallest absolute Gasteiger partial charge is 0.337 e. The molecule has 3 N–H and O–H groups in total. The van der Waals surface area contributed by atoms with Gasteiger partial charge in [-0.3, -0.25) is 5.84 Å². The summed E-state index contributed by atoms with van der Waals surface area (Å²) in [5, 5.41) is 11.7. The number of fused-ring (bicyclic) bond motifs is 2. The monoisotopic (exact) mass is 402 g/mol. The van der Waals surface area contributed by atoms with Crippen LogP contribution in [0.5, 0.6) is 11.5 Å². The van der Waals surface area contributed by atoms with Crippen LogP contribution in [0.1, 0.15) is 46.6 Å². The molecule has 2 aliphatic rings. The standard InChI is InChI=1S/C21H26N2O4S/c1-21(2)5-4-17-14(10-21)18(20(24)25)19(28-17)13-9-16-15(26-6-7-27-16)8-12(13)11-23(3)22/h8-9H,4-7,10-11,22H2,1-3H3,(H,24,25). The van der Waals surface area contributed by atoms with Crippen LogP contribution in [0.15, 0.2) is 12.1 Å². The van der Waals surface area contributed by atoms with Crippen molar-refractivity contribution in [1.29, 1.82) is 0 Å². The molecule has 1 aromatic carbocycles. The fraction of sp³-hybridized carbons (Fsp3) is 0.476. The zero-order valence-corrected chi connectivity index (χ0v) is 17.3. The Kier molecular flexibility index (Phi) is 4.85. The zero-order chi connectivity index (χ0) is 20.1. The van der Waals surface area contributed by atoms with E-state index in [1.165, 1.54) is 4.88 Å². The summed E-state index contributed by atoms with van der Waals surface area (Å²) in [7, 11) is 1.79. The Morgan fingerprint density at radius 1 is 1.29 bits per heavy atom. The number of carboxylic acid groups (broad SMARTS) is 1. The molecule has 2 aromatic rings. The molecule has 7 heteroatoms. The molecule has 28 heavy (non-hydrogen) atoms. The molecule has 0 amide bonds. The lowest BCUT2D eigenvalue weighted by atomic mass is 9.76. The molecule has 2 heterocycles. The van der Waals surface area contributed by atoms with Gasteiger partial charge in [-0.15, -0.1) is 11.3 Å². The Bertz CT molecular complexity index is 933. The second kappa shape index (κ2) is 7.06. The van der Waals surface area contributed by atoms with Gasteiger partial charge in [0.1, 0.15) is 13.2 Å². The van der Waals surface area contributed by atoms with E-state index >= 15 is 0 Å². The molecule has 1 aromatic heterocycles. The predicted octanol–water partition coefficient (Wildman–Crippen LogP) is 3.70. The van der Waals surface area contributed by atoms with Crippen LogP contribution < -0.4 is 15.3 Å². The number of hydrazine groups is 1. The van der Waals surface area contributed by atoms with Crippen LogP contribution in [-0.2, 0) is 19.4 Å². The molecular weight excluding hydrogens is 376 g/mol. The van der Waals surface area contributed by atoms with Crippen LogP contribution in [0.4, 0.5) is 0 Å². The minimum absolute atomic E-state index is 0.114. The molecular formula is C21H26N2O4S. The maximum absolute atomic E-state index is 12.3. The first kappa shape index (κ1) is 19.2. The van der Waals surface area contributed by atoms with E-state index in [1.807, 2.05) is 12.1 Å². The van der Waals surface area contributed by atoms with Crippen LogP contribution in [0, 0.1) is 5.41 Å². The van der Waals surface area contributed by atoms with Crippen LogP contribution in [0.3, 0.4) is 0 Å². The summed E-state index contributed by atoms with van der Waals surface area (Å²) in [6.45, 7) is 5.89. The van der Waals surface area contributed by atoms with E-state index in [0.717, 1.165) is 40.8 Å². The summed E-state index contributed by atoms with van der Waals surface area (Å²) >= 11 is 1.60. The molecule has 0 saturated heterocycles. The van der Waals surface area contributed by atoms with Gasteiger partial charge < -0.3 is 14.6 Å². The van der Waals surface area contributed by atoms with Gasteiger partial charge in [-0.2, -0.15) is 0 Å². The van der Waals surface area contributed by atoms with E-state index in [4.69, 9.17) is 15.3 Å². The van der Waals surface area contributed by atoms with Crippen molar-refractivity contribution in [2.75, 3.05) is 20.3 Å². The third-order valence-corrected chi connectivity index (χ3v) is 6.75. The SMILES string of the molecule is CN(N)Cc1cc2c(cc1-c1sc3c(c1C(=O)O)CC(C)(C)CC3)OCCO2. The van der Waals surface area contributed by atoms with Crippen LogP contribution in [-0.4, -0.2) is 36.3 Å². The van der Waals surface area contributed by atoms with Crippen molar-refractivity contribution in [3.63, 3.8) is 0 Å². The average molecular weight is 403 g/mol. The largest absolute Gasteiger partial charge is 0.486 e. The van der Waals surface area contributed by atoms with E-state index in [-0.39, 0.29) is 5.41 Å². The first-order valence-electron chi connectivity index (χ1n) is 9.52. The normalized spacial score (nSPS) is 17.5. The number of carboxylic acids is 1. The molecule has 1 aliphatic carbocycles. The first-order valence-corrected chi connectivity index (χ1v) is 10.3. The van der Waals surface area contributed by atoms with Gasteiger partial charge in [-0.25, -0.2) is 9.80 Å². The highest BCUT2D eigenvalue weighted by atomic mass is 32.1. The molecule has 0 bridgehead atoms. The van der Waals surface area contributed by atoms with Gasteiger partial charge in [0.2, 0.25) is 0 Å². The average Bonchev–Trinajstić information content (AvgIpc) is 2.98. The van der Waals surface area contributed by atoms with Crippen molar-refractivity contribution in [1.82, 2.24) is 5.01 Å². The molecule has 0 atom stereocenters. The Morgan fingerprint density at radius 3 is 2.61 bits per heavy atom. The summed E-state index contributed by atoms with van der Waals surface area (Å²) < 4.78 is 11.5. The molecule has 0 fully saturated rings. The molecule has 6 nitrogen and oxygen atoms in total. The summed E-state index contributed by atoms with van der Waals surface area (Å²) in [6, 6.07) is 3.85. The number of hydrogen-bond acceptors (Lipinski definition) is 6. The molecule has 0 unspecified atom stereocenters. The second-order valence-corrected chi connectivity index (χ2v) is 9.53. The quantitative estimate of drug-likeness (QED) is 0.599. The number of carbonyl (C=O) groups is 1. The molecule has 0 radical (unpaired) electrons. The third kappa shape index (κ3) is 3.50. The van der Waals surface area contributed by atoms with Crippen molar-refractivity contribution in [2.45, 2.75) is 39.7 Å². The van der Waals surface area contributed by atoms with Crippen molar-refractivity contribution >= 4 is 17.3 Å². The number of rotatable bonds is 4. The molecule has 1 aliphatic heterocycles. The number of nitrogens with two attached hydrogens (primary N) is 1. The van der Waals surface area contributed by atoms with Crippen molar-refractivity contribution in [2.24, 2.45) is 11.3 Å². The molecule has 0 spiro atoms. The Morgan fingerprint density at radius 2 is 1.96 bits per heavy atom. The van der Waals surface area contributed by atoms with Gasteiger partial charge in [-0.1, -0.05) is 13.8 Å². The zero-order valence-electron chi connectivity index (χ0n) is 16.5. The minimum Gasteiger partial charge on any atom is -0.486 e. The highest BCUT2D eigenvalue weighted by Gasteiger charge is 2.34. The van der Waals surface area contributed by atoms with Gasteiger partial charge >= 0.3 is 5.97 Å². The Hall–Kier alpha value is -2.09. The Balaban J connectivity index is 1.91. The lowest BCUT2D eigenvalue weighted by Crippen LogP contribution is -2.25. The number of ether oxygens (including phenoxy) is 2. The second-order valence-electron chi connectivity index (χ2n) is 8.42. The molecule has 0 saturated carbocycles. The van der Waals surface area contributed by atoms with E-state index < -0.39 is 5.97 Å². The first-order chi connectivity index (χ1) is 13.2. The summed E-state index contributed by atoms with van der Waals surface area (Å²) in [6.07, 6.45) is 2.78. The maximum Gasteiger partial charge on any atom is 0.337 e. The van der Waals surface area contributed by atoms with Crippen LogP contribution in [0.2, 0.25) is 0 Å². The van der Waals surface area contributed by atoms with Crippen molar-refractivity contribution in [3.05, 3.63) is 33.7 Å². The summed E-state index contributed by atoms with van der Waals surface area (Å²) in [5.41, 5.74) is 3.35. The molecule has 150 valence electrons.